The summed E-state index contributed by atoms with van der Waals surface area (Å²) in [6, 6.07) is 165. The molecule has 6 aromatic heterocycles. The first kappa shape index (κ1) is 68.9. The van der Waals surface area contributed by atoms with E-state index < -0.39 is 0 Å². The smallest absolute Gasteiger partial charge is 0.0562 e. The number of nitrogens with zero attached hydrogens (tertiary/aromatic N) is 6. The monoisotopic (exact) mass is 1550 g/mol. The molecular weight excluding hydrogens is 1480 g/mol. The van der Waals surface area contributed by atoms with E-state index in [9.17, 15) is 0 Å². The van der Waals surface area contributed by atoms with Crippen LogP contribution in [0.1, 0.15) is 0 Å². The maximum atomic E-state index is 2.46. The zero-order valence-corrected chi connectivity index (χ0v) is 66.4. The summed E-state index contributed by atoms with van der Waals surface area (Å²) < 4.78 is 14.6. The standard InChI is InChI=1S/2C58H37N3/c1-3-14-38(15-4-1)39-26-30-44(31-27-39)60-55-32-28-42(35-49(55)51-37-57-50(36-58(51)60)47-22-9-11-23-53(47)59(57)43-18-5-2-6-19-43)41-29-33-56-48(34-41)46-21-10-12-24-54(46)61(56)52-25-13-17-40-16-7-8-20-45(40)52;1-3-14-38(15-4-1)39-26-30-44(31-27-39)60-55-32-28-42(35-49(55)51-36-50-47-22-9-11-23-53(47)59(57(50)37-58(51)60)43-18-5-2-6-19-43)41-29-33-56-48(34-41)46-21-10-12-24-54(46)61(56)52-25-13-17-40-16-7-8-20-45(40)52/h2*1-37H. The molecule has 6 heterocycles. The van der Waals surface area contributed by atoms with Crippen molar-refractivity contribution in [2.24, 2.45) is 0 Å². The van der Waals surface area contributed by atoms with Gasteiger partial charge in [0, 0.05) is 98.2 Å². The van der Waals surface area contributed by atoms with Crippen LogP contribution in [-0.2, 0) is 0 Å². The molecule has 568 valence electrons. The molecule has 20 aromatic carbocycles. The molecule has 0 aliphatic carbocycles. The first-order valence-corrected chi connectivity index (χ1v) is 42.0. The Hall–Kier alpha value is -16.3. The van der Waals surface area contributed by atoms with E-state index in [1.54, 1.807) is 0 Å². The summed E-state index contributed by atoms with van der Waals surface area (Å²) >= 11 is 0. The molecule has 0 saturated heterocycles. The molecule has 6 heteroatoms. The van der Waals surface area contributed by atoms with E-state index in [1.807, 2.05) is 0 Å². The fourth-order valence-corrected chi connectivity index (χ4v) is 20.1. The summed E-state index contributed by atoms with van der Waals surface area (Å²) in [6.07, 6.45) is 0. The largest absolute Gasteiger partial charge is 0.309 e. The lowest BCUT2D eigenvalue weighted by atomic mass is 10.00. The first-order valence-electron chi connectivity index (χ1n) is 42.0. The minimum atomic E-state index is 1.14. The molecule has 0 bridgehead atoms. The molecule has 0 aliphatic heterocycles. The van der Waals surface area contributed by atoms with Gasteiger partial charge in [0.1, 0.15) is 0 Å². The van der Waals surface area contributed by atoms with Crippen molar-refractivity contribution in [2.45, 2.75) is 0 Å². The van der Waals surface area contributed by atoms with Crippen molar-refractivity contribution in [3.05, 3.63) is 449 Å². The minimum Gasteiger partial charge on any atom is -0.309 e. The van der Waals surface area contributed by atoms with Crippen LogP contribution in [0.2, 0.25) is 0 Å². The van der Waals surface area contributed by atoms with Crippen LogP contribution in [0.3, 0.4) is 0 Å². The van der Waals surface area contributed by atoms with E-state index in [0.717, 1.165) is 22.7 Å². The number of hydrogen-bond acceptors (Lipinski definition) is 0. The van der Waals surface area contributed by atoms with Gasteiger partial charge >= 0.3 is 0 Å². The Morgan fingerprint density at radius 2 is 0.336 bits per heavy atom. The zero-order chi connectivity index (χ0) is 80.0. The Labute approximate surface area is 702 Å². The van der Waals surface area contributed by atoms with Crippen LogP contribution >= 0.6 is 0 Å². The lowest BCUT2D eigenvalue weighted by Crippen LogP contribution is -1.96. The molecule has 26 aromatic rings. The van der Waals surface area contributed by atoms with Crippen LogP contribution < -0.4 is 0 Å². The number of benzene rings is 20. The second-order valence-electron chi connectivity index (χ2n) is 32.3. The van der Waals surface area contributed by atoms with Crippen molar-refractivity contribution in [1.29, 1.82) is 0 Å². The van der Waals surface area contributed by atoms with Crippen molar-refractivity contribution in [2.75, 3.05) is 0 Å². The molecule has 0 N–H and O–H groups in total. The topological polar surface area (TPSA) is 29.6 Å². The third-order valence-corrected chi connectivity index (χ3v) is 25.6. The minimum absolute atomic E-state index is 1.14. The lowest BCUT2D eigenvalue weighted by Gasteiger charge is -2.12. The van der Waals surface area contributed by atoms with Crippen molar-refractivity contribution in [1.82, 2.24) is 27.4 Å². The normalized spacial score (nSPS) is 11.9. The molecule has 0 unspecified atom stereocenters. The summed E-state index contributed by atoms with van der Waals surface area (Å²) in [6.45, 7) is 0. The Morgan fingerprint density at radius 3 is 0.713 bits per heavy atom. The van der Waals surface area contributed by atoms with Gasteiger partial charge in [0.05, 0.1) is 77.6 Å². The fourth-order valence-electron chi connectivity index (χ4n) is 20.1. The van der Waals surface area contributed by atoms with Crippen molar-refractivity contribution in [3.8, 4) is 78.6 Å². The van der Waals surface area contributed by atoms with E-state index in [1.165, 1.54) is 208 Å². The molecule has 122 heavy (non-hydrogen) atoms. The Morgan fingerprint density at radius 1 is 0.107 bits per heavy atom. The molecule has 0 radical (unpaired) electrons. The summed E-state index contributed by atoms with van der Waals surface area (Å²) in [4.78, 5) is 0. The molecule has 0 saturated carbocycles. The van der Waals surface area contributed by atoms with Crippen LogP contribution in [0.15, 0.2) is 449 Å². The fraction of sp³-hybridized carbons (Fsp3) is 0. The van der Waals surface area contributed by atoms with Gasteiger partial charge in [-0.05, 0) is 213 Å². The first-order chi connectivity index (χ1) is 60.5. The highest BCUT2D eigenvalue weighted by atomic mass is 15.0. The quantitative estimate of drug-likeness (QED) is 0.131. The van der Waals surface area contributed by atoms with Gasteiger partial charge in [-0.1, -0.05) is 291 Å². The molecule has 0 aliphatic rings. The maximum absolute atomic E-state index is 2.46. The van der Waals surface area contributed by atoms with Gasteiger partial charge in [0.2, 0.25) is 0 Å². The third-order valence-electron chi connectivity index (χ3n) is 25.6. The van der Waals surface area contributed by atoms with E-state index in [4.69, 9.17) is 0 Å². The number of rotatable bonds is 10. The summed E-state index contributed by atoms with van der Waals surface area (Å²) in [7, 11) is 0. The lowest BCUT2D eigenvalue weighted by molar-refractivity contribution is 1.16. The number of para-hydroxylation sites is 6. The predicted octanol–water partition coefficient (Wildman–Crippen LogP) is 30.9. The highest BCUT2D eigenvalue weighted by molar-refractivity contribution is 6.23. The zero-order valence-electron chi connectivity index (χ0n) is 66.4. The van der Waals surface area contributed by atoms with Crippen molar-refractivity contribution >= 4 is 152 Å². The van der Waals surface area contributed by atoms with Gasteiger partial charge in [-0.3, -0.25) is 0 Å². The van der Waals surface area contributed by atoms with Crippen molar-refractivity contribution in [3.63, 3.8) is 0 Å². The van der Waals surface area contributed by atoms with Crippen LogP contribution in [-0.4, -0.2) is 27.4 Å². The van der Waals surface area contributed by atoms with E-state index in [-0.39, 0.29) is 0 Å². The van der Waals surface area contributed by atoms with E-state index in [2.05, 4.69) is 476 Å². The number of aromatic nitrogens is 6. The molecule has 0 fully saturated rings. The third kappa shape index (κ3) is 10.8. The van der Waals surface area contributed by atoms with Gasteiger partial charge in [-0.25, -0.2) is 0 Å². The van der Waals surface area contributed by atoms with Gasteiger partial charge in [0.25, 0.3) is 0 Å². The van der Waals surface area contributed by atoms with Crippen LogP contribution in [0.25, 0.3) is 231 Å². The SMILES string of the molecule is c1ccc(-c2ccc(-n3c4ccc(-c5ccc6c(c5)c5ccccc5n6-c5cccc6ccccc56)cc4c4cc5c(cc43)c3ccccc3n5-c3ccccc3)cc2)cc1.c1ccc(-c2ccc(-n3c4ccc(-c5ccc6c(c5)c5ccccc5n6-c5cccc6ccccc56)cc4c4cc5c6ccccc6n(-c6ccccc6)c5cc43)cc2)cc1. The molecule has 0 amide bonds. The van der Waals surface area contributed by atoms with Crippen LogP contribution in [0.5, 0.6) is 0 Å². The predicted molar refractivity (Wildman–Crippen MR) is 516 cm³/mol. The summed E-state index contributed by atoms with van der Waals surface area (Å²) in [5, 5.41) is 19.9. The number of hydrogen-bond donors (Lipinski definition) is 0. The molecule has 0 atom stereocenters. The van der Waals surface area contributed by atoms with Gasteiger partial charge in [-0.2, -0.15) is 0 Å². The second kappa shape index (κ2) is 27.7. The Kier molecular flexibility index (Phi) is 15.6. The highest BCUT2D eigenvalue weighted by Gasteiger charge is 2.25. The Balaban J connectivity index is 0.000000134. The average molecular weight is 1550 g/mol. The van der Waals surface area contributed by atoms with Gasteiger partial charge in [0.15, 0.2) is 0 Å². The van der Waals surface area contributed by atoms with E-state index >= 15 is 0 Å². The second-order valence-corrected chi connectivity index (χ2v) is 32.3. The summed E-state index contributed by atoms with van der Waals surface area (Å²) in [5.41, 5.74) is 31.0. The molecular formula is C116H74N6. The van der Waals surface area contributed by atoms with Gasteiger partial charge < -0.3 is 27.4 Å². The summed E-state index contributed by atoms with van der Waals surface area (Å²) in [5.74, 6) is 0. The van der Waals surface area contributed by atoms with E-state index in [0.29, 0.717) is 0 Å². The van der Waals surface area contributed by atoms with Gasteiger partial charge in [-0.15, -0.1) is 0 Å². The molecule has 26 rings (SSSR count). The average Bonchev–Trinajstić information content (AvgIpc) is 1.57. The molecule has 6 nitrogen and oxygen atoms in total. The highest BCUT2D eigenvalue weighted by Crippen LogP contribution is 2.47. The van der Waals surface area contributed by atoms with Crippen molar-refractivity contribution < 1.29 is 0 Å². The van der Waals surface area contributed by atoms with Crippen LogP contribution in [0, 0.1) is 0 Å². The Bertz CT molecular complexity index is 8690. The maximum Gasteiger partial charge on any atom is 0.0562 e. The van der Waals surface area contributed by atoms with Crippen LogP contribution in [0.4, 0.5) is 0 Å². The number of fused-ring (bicyclic) bond motifs is 20. The molecule has 0 spiro atoms.